The fourth-order valence-corrected chi connectivity index (χ4v) is 4.06. The van der Waals surface area contributed by atoms with Crippen LogP contribution in [0.25, 0.3) is 22.8 Å². The van der Waals surface area contributed by atoms with E-state index in [0.29, 0.717) is 28.0 Å². The van der Waals surface area contributed by atoms with Gasteiger partial charge in [0.05, 0.1) is 12.8 Å². The van der Waals surface area contributed by atoms with Crippen molar-refractivity contribution >= 4 is 35.1 Å². The summed E-state index contributed by atoms with van der Waals surface area (Å²) in [5.41, 5.74) is 3.28. The molecule has 4 aromatic rings. The number of carboxylic acids is 1. The predicted octanol–water partition coefficient (Wildman–Crippen LogP) is 5.25. The van der Waals surface area contributed by atoms with Crippen LogP contribution in [-0.4, -0.2) is 54.9 Å². The number of H-pyrrole nitrogens is 2. The Labute approximate surface area is 236 Å². The predicted molar refractivity (Wildman–Crippen MR) is 139 cm³/mol. The maximum atomic E-state index is 12.1. The molecule has 5 rings (SSSR count). The summed E-state index contributed by atoms with van der Waals surface area (Å²) in [7, 11) is 0. The van der Waals surface area contributed by atoms with Crippen LogP contribution >= 0.6 is 23.2 Å². The van der Waals surface area contributed by atoms with Gasteiger partial charge in [-0.1, -0.05) is 23.2 Å². The van der Waals surface area contributed by atoms with Crippen LogP contribution in [0.4, 0.5) is 0 Å². The first-order valence-electron chi connectivity index (χ1n) is 11.5. The van der Waals surface area contributed by atoms with Gasteiger partial charge in [-0.15, -0.1) is 0 Å². The molecule has 1 saturated heterocycles. The molecule has 0 bridgehead atoms. The number of amides is 1. The zero-order valence-electron chi connectivity index (χ0n) is 19.8. The number of aromatic amines is 2. The molecule has 1 aliphatic heterocycles. The maximum absolute atomic E-state index is 12.1. The Morgan fingerprint density at radius 3 is 1.65 bits per heavy atom. The number of nitrogens with one attached hydrogen (secondary N) is 2. The molecule has 1 amide bonds. The van der Waals surface area contributed by atoms with Gasteiger partial charge in [0.1, 0.15) is 11.6 Å². The third-order valence-electron chi connectivity index (χ3n) is 5.63. The molecule has 0 aliphatic carbocycles. The van der Waals surface area contributed by atoms with Crippen LogP contribution < -0.4 is 0 Å². The van der Waals surface area contributed by atoms with Crippen LogP contribution in [-0.2, 0) is 41.0 Å². The number of hydrogen-bond donors (Lipinski definition) is 3. The second-order valence-corrected chi connectivity index (χ2v) is 9.24. The Morgan fingerprint density at radius 2 is 1.22 bits per heavy atom. The molecule has 3 heterocycles. The molecule has 8 nitrogen and oxygen atoms in total. The van der Waals surface area contributed by atoms with Crippen molar-refractivity contribution in [2.24, 2.45) is 0 Å². The molecule has 1 aliphatic rings. The molecular formula is C26H25Cl2N5O3V. The zero-order chi connectivity index (χ0) is 25.5. The molecule has 11 heteroatoms. The van der Waals surface area contributed by atoms with Crippen molar-refractivity contribution in [3.05, 3.63) is 82.4 Å². The van der Waals surface area contributed by atoms with E-state index < -0.39 is 5.97 Å². The van der Waals surface area contributed by atoms with Gasteiger partial charge in [0.15, 0.2) is 0 Å². The molecule has 0 atom stereocenters. The van der Waals surface area contributed by atoms with Crippen molar-refractivity contribution in [1.82, 2.24) is 24.8 Å². The number of carbonyl (C=O) groups is 2. The zero-order valence-corrected chi connectivity index (χ0v) is 22.7. The average Bonchev–Trinajstić information content (AvgIpc) is 3.63. The number of aromatic nitrogens is 4. The molecule has 0 saturated carbocycles. The van der Waals surface area contributed by atoms with Crippen molar-refractivity contribution in [1.29, 1.82) is 0 Å². The van der Waals surface area contributed by atoms with Crippen LogP contribution in [0.2, 0.25) is 10.0 Å². The van der Waals surface area contributed by atoms with E-state index in [9.17, 15) is 9.59 Å². The minimum absolute atomic E-state index is 0. The summed E-state index contributed by atoms with van der Waals surface area (Å²) in [5, 5.41) is 9.97. The summed E-state index contributed by atoms with van der Waals surface area (Å²) in [5.74, 6) is 0.707. The molecule has 2 aromatic heterocycles. The summed E-state index contributed by atoms with van der Waals surface area (Å²) < 4.78 is 0. The molecular weight excluding hydrogens is 552 g/mol. The van der Waals surface area contributed by atoms with E-state index in [4.69, 9.17) is 28.3 Å². The van der Waals surface area contributed by atoms with E-state index in [0.717, 1.165) is 48.6 Å². The van der Waals surface area contributed by atoms with Gasteiger partial charge >= 0.3 is 5.97 Å². The number of carbonyl (C=O) groups excluding carboxylic acids is 1. The van der Waals surface area contributed by atoms with E-state index in [1.807, 2.05) is 41.3 Å². The minimum atomic E-state index is -0.883. The van der Waals surface area contributed by atoms with Crippen molar-refractivity contribution in [3.63, 3.8) is 0 Å². The van der Waals surface area contributed by atoms with Crippen LogP contribution in [0, 0.1) is 0 Å². The Bertz CT molecular complexity index is 1320. The maximum Gasteiger partial charge on any atom is 0.309 e. The fourth-order valence-electron chi connectivity index (χ4n) is 3.81. The van der Waals surface area contributed by atoms with Crippen molar-refractivity contribution in [2.45, 2.75) is 25.7 Å². The fraction of sp³-hybridized carbons (Fsp3) is 0.231. The van der Waals surface area contributed by atoms with Crippen LogP contribution in [0.5, 0.6) is 0 Å². The number of carboxylic acid groups (broad SMARTS) is 1. The smallest absolute Gasteiger partial charge is 0.309 e. The van der Waals surface area contributed by atoms with Crippen molar-refractivity contribution in [3.8, 4) is 22.8 Å². The third-order valence-corrected chi connectivity index (χ3v) is 6.14. The molecule has 37 heavy (non-hydrogen) atoms. The molecule has 1 fully saturated rings. The summed E-state index contributed by atoms with van der Waals surface area (Å²) in [6.07, 6.45) is 5.83. The number of rotatable bonds is 6. The summed E-state index contributed by atoms with van der Waals surface area (Å²) in [6, 6.07) is 14.6. The quantitative estimate of drug-likeness (QED) is 0.290. The molecule has 191 valence electrons. The minimum Gasteiger partial charge on any atom is -0.481 e. The number of benzene rings is 2. The summed E-state index contributed by atoms with van der Waals surface area (Å²) >= 11 is 11.6. The van der Waals surface area contributed by atoms with Gasteiger partial charge < -0.3 is 20.0 Å². The van der Waals surface area contributed by atoms with Crippen molar-refractivity contribution in [2.75, 3.05) is 13.1 Å². The number of hydrogen-bond acceptors (Lipinski definition) is 4. The van der Waals surface area contributed by atoms with E-state index in [1.54, 1.807) is 18.3 Å². The van der Waals surface area contributed by atoms with Gasteiger partial charge in [-0.2, -0.15) is 0 Å². The van der Waals surface area contributed by atoms with Gasteiger partial charge in [0.25, 0.3) is 0 Å². The Hall–Kier alpha value is -3.04. The Morgan fingerprint density at radius 1 is 0.784 bits per heavy atom. The average molecular weight is 577 g/mol. The van der Waals surface area contributed by atoms with Gasteiger partial charge in [-0.3, -0.25) is 9.59 Å². The van der Waals surface area contributed by atoms with Crippen molar-refractivity contribution < 1.29 is 33.3 Å². The van der Waals surface area contributed by atoms with Crippen LogP contribution in [0.1, 0.15) is 24.2 Å². The number of halogens is 2. The first-order valence-corrected chi connectivity index (χ1v) is 12.2. The SMILES string of the molecule is O=C(Cc1cnc(-c2ccc(Cl)cc2)[nH]1)N1CCCC1.O=C(O)Cc1cnc(-c2ccc(Cl)cc2)[nH]1.[V]. The molecule has 0 unspecified atom stereocenters. The van der Waals surface area contributed by atoms with E-state index in [-0.39, 0.29) is 30.9 Å². The number of nitrogens with zero attached hydrogens (tertiary/aromatic N) is 3. The standard InChI is InChI=1S/C15H16ClN3O.C11H9ClN2O2.V/c16-12-5-3-11(4-6-12)15-17-10-13(18-15)9-14(20)19-7-1-2-8-19;12-8-3-1-7(2-4-8)11-13-6-9(14-11)5-10(15)16;/h3-6,10H,1-2,7-9H2,(H,17,18);1-4,6H,5H2,(H,13,14)(H,15,16);. The first kappa shape index (κ1) is 28.5. The normalized spacial score (nSPS) is 12.4. The van der Waals surface area contributed by atoms with Crippen LogP contribution in [0.3, 0.4) is 0 Å². The first-order chi connectivity index (χ1) is 17.4. The number of aliphatic carboxylic acids is 1. The Balaban J connectivity index is 0.000000205. The number of imidazole rings is 2. The monoisotopic (exact) mass is 576 g/mol. The number of likely N-dealkylation sites (tertiary alicyclic amines) is 1. The second kappa shape index (κ2) is 13.5. The van der Waals surface area contributed by atoms with Gasteiger partial charge in [0.2, 0.25) is 5.91 Å². The van der Waals surface area contributed by atoms with Gasteiger partial charge in [-0.05, 0) is 61.4 Å². The van der Waals surface area contributed by atoms with E-state index >= 15 is 0 Å². The molecule has 0 spiro atoms. The second-order valence-electron chi connectivity index (χ2n) is 8.36. The van der Waals surface area contributed by atoms with Gasteiger partial charge in [0, 0.05) is 76.6 Å². The summed E-state index contributed by atoms with van der Waals surface area (Å²) in [4.78, 5) is 39.1. The van der Waals surface area contributed by atoms with E-state index in [2.05, 4.69) is 19.9 Å². The third kappa shape index (κ3) is 8.23. The molecule has 3 N–H and O–H groups in total. The van der Waals surface area contributed by atoms with Crippen LogP contribution in [0.15, 0.2) is 60.9 Å². The largest absolute Gasteiger partial charge is 0.481 e. The summed E-state index contributed by atoms with van der Waals surface area (Å²) in [6.45, 7) is 1.77. The molecule has 1 radical (unpaired) electrons. The van der Waals surface area contributed by atoms with E-state index in [1.165, 1.54) is 6.20 Å². The Kier molecular flexibility index (Phi) is 10.4. The topological polar surface area (TPSA) is 115 Å². The molecule has 2 aromatic carbocycles. The van der Waals surface area contributed by atoms with Gasteiger partial charge in [-0.25, -0.2) is 9.97 Å².